The maximum Gasteiger partial charge on any atom is 4.00 e. The van der Waals surface area contributed by atoms with Crippen LogP contribution in [-0.4, -0.2) is 11.7 Å². The average Bonchev–Trinajstić information content (AvgIpc) is 3.17. The van der Waals surface area contributed by atoms with Crippen molar-refractivity contribution in [1.82, 2.24) is 0 Å². The predicted molar refractivity (Wildman–Crippen MR) is 91.8 cm³/mol. The maximum atomic E-state index is 7.57. The van der Waals surface area contributed by atoms with E-state index in [4.69, 9.17) is 5.11 Å². The van der Waals surface area contributed by atoms with Crippen LogP contribution in [0, 0.1) is 0 Å². The molecule has 24 heavy (non-hydrogen) atoms. The normalized spacial score (nSPS) is 8.42. The standard InChI is InChI=1S/2C9H7.C2H6O.2ClH.Zr/c2*1-2-5-9-7-3-6-8(9)4-1;1-2-3;;;/h2*1-7H;3H,2H2,1H3;2*1H;/q2*-1;;;;+4/p-2. The Bertz CT molecular complexity index is 651. The zero-order valence-corrected chi connectivity index (χ0v) is 17.5. The summed E-state index contributed by atoms with van der Waals surface area (Å²) in [6, 6.07) is 29.3. The van der Waals surface area contributed by atoms with Crippen LogP contribution in [0.5, 0.6) is 0 Å². The van der Waals surface area contributed by atoms with Gasteiger partial charge in [-0.15, -0.1) is 59.3 Å². The Morgan fingerprint density at radius 1 is 0.708 bits per heavy atom. The largest absolute Gasteiger partial charge is 4.00 e. The third-order valence-electron chi connectivity index (χ3n) is 3.10. The molecule has 0 heterocycles. The molecule has 0 amide bonds. The molecular formula is C20H20Cl2OZr. The number of aliphatic hydroxyl groups is 1. The number of rotatable bonds is 0. The van der Waals surface area contributed by atoms with Gasteiger partial charge in [-0.05, 0) is 6.92 Å². The average molecular weight is 439 g/mol. The Balaban J connectivity index is 0. The number of halogens is 2. The van der Waals surface area contributed by atoms with E-state index in [1.807, 2.05) is 0 Å². The first-order valence-electron chi connectivity index (χ1n) is 7.17. The molecule has 0 spiro atoms. The molecule has 0 radical (unpaired) electrons. The number of hydrogen-bond donors (Lipinski definition) is 1. The minimum absolute atomic E-state index is 0. The van der Waals surface area contributed by atoms with Crippen LogP contribution in [0.1, 0.15) is 6.92 Å². The van der Waals surface area contributed by atoms with Gasteiger partial charge in [0.15, 0.2) is 0 Å². The molecule has 4 aromatic rings. The van der Waals surface area contributed by atoms with E-state index in [9.17, 15) is 0 Å². The van der Waals surface area contributed by atoms with Gasteiger partial charge in [0.1, 0.15) is 0 Å². The van der Waals surface area contributed by atoms with Gasteiger partial charge < -0.3 is 29.9 Å². The second-order valence-electron chi connectivity index (χ2n) is 4.63. The first-order chi connectivity index (χ1) is 10.3. The summed E-state index contributed by atoms with van der Waals surface area (Å²) in [4.78, 5) is 0. The fraction of sp³-hybridized carbons (Fsp3) is 0.100. The van der Waals surface area contributed by atoms with E-state index >= 15 is 0 Å². The first kappa shape index (κ1) is 25.3. The van der Waals surface area contributed by atoms with Crippen molar-refractivity contribution in [1.29, 1.82) is 0 Å². The molecule has 4 heteroatoms. The summed E-state index contributed by atoms with van der Waals surface area (Å²) < 4.78 is 0. The molecule has 0 saturated carbocycles. The number of hydrogen-bond acceptors (Lipinski definition) is 1. The zero-order valence-electron chi connectivity index (χ0n) is 13.5. The molecule has 0 atom stereocenters. The third-order valence-corrected chi connectivity index (χ3v) is 3.10. The van der Waals surface area contributed by atoms with Gasteiger partial charge in [-0.2, -0.15) is 35.0 Å². The van der Waals surface area contributed by atoms with Crippen LogP contribution in [0.4, 0.5) is 0 Å². The van der Waals surface area contributed by atoms with Crippen molar-refractivity contribution in [2.24, 2.45) is 0 Å². The Morgan fingerprint density at radius 2 is 1.04 bits per heavy atom. The fourth-order valence-electron chi connectivity index (χ4n) is 2.14. The summed E-state index contributed by atoms with van der Waals surface area (Å²) in [7, 11) is 0. The minimum Gasteiger partial charge on any atom is -1.00 e. The third kappa shape index (κ3) is 7.77. The van der Waals surface area contributed by atoms with Gasteiger partial charge in [-0.1, -0.05) is 12.1 Å². The van der Waals surface area contributed by atoms with Crippen LogP contribution in [0.2, 0.25) is 0 Å². The van der Waals surface area contributed by atoms with Crippen LogP contribution in [0.25, 0.3) is 21.5 Å². The summed E-state index contributed by atoms with van der Waals surface area (Å²) in [5, 5.41) is 12.9. The molecule has 4 aromatic carbocycles. The van der Waals surface area contributed by atoms with Gasteiger partial charge in [0.2, 0.25) is 0 Å². The van der Waals surface area contributed by atoms with Crippen LogP contribution in [0.3, 0.4) is 0 Å². The van der Waals surface area contributed by atoms with Crippen LogP contribution in [-0.2, 0) is 26.2 Å². The van der Waals surface area contributed by atoms with E-state index in [-0.39, 0.29) is 57.6 Å². The van der Waals surface area contributed by atoms with E-state index in [0.29, 0.717) is 0 Å². The fourth-order valence-corrected chi connectivity index (χ4v) is 2.14. The quantitative estimate of drug-likeness (QED) is 0.354. The van der Waals surface area contributed by atoms with Crippen molar-refractivity contribution in [3.8, 4) is 0 Å². The van der Waals surface area contributed by atoms with E-state index in [1.54, 1.807) is 6.92 Å². The monoisotopic (exact) mass is 436 g/mol. The number of fused-ring (bicyclic) bond motifs is 2. The summed E-state index contributed by atoms with van der Waals surface area (Å²) in [5.74, 6) is 0. The molecule has 0 aliphatic rings. The Hall–Kier alpha value is -0.917. The second-order valence-corrected chi connectivity index (χ2v) is 4.63. The van der Waals surface area contributed by atoms with Crippen molar-refractivity contribution in [3.63, 3.8) is 0 Å². The molecule has 0 fully saturated rings. The van der Waals surface area contributed by atoms with Gasteiger partial charge in [-0.3, -0.25) is 0 Å². The minimum atomic E-state index is 0. The summed E-state index contributed by atoms with van der Waals surface area (Å²) in [6.45, 7) is 1.93. The maximum absolute atomic E-state index is 7.57. The van der Waals surface area contributed by atoms with E-state index in [1.165, 1.54) is 21.5 Å². The molecule has 1 nitrogen and oxygen atoms in total. The van der Waals surface area contributed by atoms with Crippen molar-refractivity contribution in [2.45, 2.75) is 6.92 Å². The molecule has 1 N–H and O–H groups in total. The first-order valence-corrected chi connectivity index (χ1v) is 7.17. The topological polar surface area (TPSA) is 20.2 Å². The molecular weight excluding hydrogens is 418 g/mol. The Labute approximate surface area is 175 Å². The Kier molecular flexibility index (Phi) is 15.2. The van der Waals surface area contributed by atoms with E-state index in [0.717, 1.165) is 0 Å². The summed E-state index contributed by atoms with van der Waals surface area (Å²) in [6.07, 6.45) is 0. The molecule has 0 unspecified atom stereocenters. The number of benzene rings is 2. The van der Waals surface area contributed by atoms with Gasteiger partial charge in [0, 0.05) is 6.61 Å². The molecule has 0 aliphatic heterocycles. The van der Waals surface area contributed by atoms with Gasteiger partial charge >= 0.3 is 26.2 Å². The zero-order chi connectivity index (χ0) is 14.9. The van der Waals surface area contributed by atoms with Crippen molar-refractivity contribution in [2.75, 3.05) is 6.61 Å². The summed E-state index contributed by atoms with van der Waals surface area (Å²) >= 11 is 0. The summed E-state index contributed by atoms with van der Waals surface area (Å²) in [5.41, 5.74) is 0. The van der Waals surface area contributed by atoms with Crippen LogP contribution in [0.15, 0.2) is 84.9 Å². The SMILES string of the molecule is CCO.[Cl-].[Cl-].[Zr+4].c1ccc2[cH-]ccc2c1.c1ccc2[cH-]ccc2c1. The van der Waals surface area contributed by atoms with Gasteiger partial charge in [0.25, 0.3) is 0 Å². The molecule has 0 aromatic heterocycles. The predicted octanol–water partition coefficient (Wildman–Crippen LogP) is -0.878. The van der Waals surface area contributed by atoms with Crippen molar-refractivity contribution in [3.05, 3.63) is 84.9 Å². The second kappa shape index (κ2) is 14.4. The van der Waals surface area contributed by atoms with Crippen molar-refractivity contribution >= 4 is 21.5 Å². The smallest absolute Gasteiger partial charge is 1.00 e. The molecule has 0 saturated heterocycles. The van der Waals surface area contributed by atoms with E-state index < -0.39 is 0 Å². The molecule has 4 rings (SSSR count). The molecule has 0 aliphatic carbocycles. The van der Waals surface area contributed by atoms with Gasteiger partial charge in [-0.25, -0.2) is 0 Å². The van der Waals surface area contributed by atoms with Crippen molar-refractivity contribution < 1.29 is 56.1 Å². The van der Waals surface area contributed by atoms with Crippen LogP contribution >= 0.6 is 0 Å². The number of aliphatic hydroxyl groups excluding tert-OH is 1. The Morgan fingerprint density at radius 3 is 1.38 bits per heavy atom. The molecule has 0 bridgehead atoms. The molecule has 124 valence electrons. The van der Waals surface area contributed by atoms with E-state index in [2.05, 4.69) is 84.9 Å². The van der Waals surface area contributed by atoms with Gasteiger partial charge in [0.05, 0.1) is 0 Å². The van der Waals surface area contributed by atoms with Crippen LogP contribution < -0.4 is 24.8 Å².